The summed E-state index contributed by atoms with van der Waals surface area (Å²) >= 11 is 0. The lowest BCUT2D eigenvalue weighted by Gasteiger charge is -2.34. The molecule has 1 heterocycles. The number of nitrogens with one attached hydrogen (secondary N) is 1. The van der Waals surface area contributed by atoms with E-state index in [1.807, 2.05) is 20.8 Å². The van der Waals surface area contributed by atoms with E-state index in [0.29, 0.717) is 0 Å². The summed E-state index contributed by atoms with van der Waals surface area (Å²) in [5.74, 6) is -1.27. The number of esters is 1. The topological polar surface area (TPSA) is 95.9 Å². The average Bonchev–Trinajstić information content (AvgIpc) is 2.74. The molecule has 0 aromatic carbocycles. The van der Waals surface area contributed by atoms with Gasteiger partial charge in [-0.3, -0.25) is 9.59 Å². The second-order valence-electron chi connectivity index (χ2n) is 6.42. The molecule has 0 aromatic heterocycles. The summed E-state index contributed by atoms with van der Waals surface area (Å²) in [5.41, 5.74) is -0.517. The lowest BCUT2D eigenvalue weighted by atomic mass is 9.85. The molecular weight excluding hydrogens is 276 g/mol. The highest BCUT2D eigenvalue weighted by atomic mass is 16.5. The molecule has 2 N–H and O–H groups in total. The van der Waals surface area contributed by atoms with Gasteiger partial charge in [0.1, 0.15) is 12.1 Å². The highest BCUT2D eigenvalue weighted by Crippen LogP contribution is 2.26. The Bertz CT molecular complexity index is 430. The summed E-state index contributed by atoms with van der Waals surface area (Å²) in [6.45, 7) is 6.87. The maximum absolute atomic E-state index is 12.7. The van der Waals surface area contributed by atoms with E-state index in [0.717, 1.165) is 0 Å². The number of methoxy groups -OCH3 is 1. The highest BCUT2D eigenvalue weighted by molar-refractivity contribution is 5.91. The van der Waals surface area contributed by atoms with E-state index in [2.05, 4.69) is 10.1 Å². The van der Waals surface area contributed by atoms with Crippen LogP contribution >= 0.6 is 0 Å². The number of carbonyl (C=O) groups is 3. The van der Waals surface area contributed by atoms with Crippen molar-refractivity contribution in [1.82, 2.24) is 10.2 Å². The first-order valence-electron chi connectivity index (χ1n) is 6.91. The van der Waals surface area contributed by atoms with Gasteiger partial charge in [0.25, 0.3) is 0 Å². The van der Waals surface area contributed by atoms with Crippen molar-refractivity contribution in [2.24, 2.45) is 5.41 Å². The first-order valence-corrected chi connectivity index (χ1v) is 6.91. The number of hydrogen-bond acceptors (Lipinski definition) is 5. The van der Waals surface area contributed by atoms with Crippen molar-refractivity contribution < 1.29 is 24.2 Å². The summed E-state index contributed by atoms with van der Waals surface area (Å²) in [6.07, 6.45) is -0.619. The summed E-state index contributed by atoms with van der Waals surface area (Å²) in [7, 11) is 1.24. The molecule has 0 aromatic rings. The van der Waals surface area contributed by atoms with Crippen LogP contribution in [0.2, 0.25) is 0 Å². The summed E-state index contributed by atoms with van der Waals surface area (Å²) in [4.78, 5) is 37.1. The number of likely N-dealkylation sites (tertiary alicyclic amines) is 1. The summed E-state index contributed by atoms with van der Waals surface area (Å²) in [5, 5.41) is 12.4. The van der Waals surface area contributed by atoms with Crippen LogP contribution in [-0.2, 0) is 19.1 Å². The van der Waals surface area contributed by atoms with Gasteiger partial charge in [-0.1, -0.05) is 20.8 Å². The largest absolute Gasteiger partial charge is 0.467 e. The number of carbonyl (C=O) groups excluding carboxylic acids is 3. The Morgan fingerprint density at radius 1 is 1.33 bits per heavy atom. The molecule has 0 saturated carbocycles. The van der Waals surface area contributed by atoms with Gasteiger partial charge in [-0.25, -0.2) is 4.79 Å². The maximum Gasteiger partial charge on any atom is 0.328 e. The predicted molar refractivity (Wildman–Crippen MR) is 75.2 cm³/mol. The van der Waals surface area contributed by atoms with Crippen molar-refractivity contribution in [3.8, 4) is 0 Å². The molecule has 120 valence electrons. The third-order valence-corrected chi connectivity index (χ3v) is 3.50. The van der Waals surface area contributed by atoms with E-state index in [1.165, 1.54) is 18.9 Å². The third kappa shape index (κ3) is 4.17. The second kappa shape index (κ2) is 6.43. The maximum atomic E-state index is 12.7. The first kappa shape index (κ1) is 17.4. The molecule has 0 unspecified atom stereocenters. The zero-order valence-corrected chi connectivity index (χ0v) is 13.2. The van der Waals surface area contributed by atoms with Crippen LogP contribution in [0.4, 0.5) is 0 Å². The average molecular weight is 300 g/mol. The van der Waals surface area contributed by atoms with Gasteiger partial charge in [0.05, 0.1) is 13.2 Å². The van der Waals surface area contributed by atoms with Gasteiger partial charge >= 0.3 is 5.97 Å². The molecule has 7 heteroatoms. The smallest absolute Gasteiger partial charge is 0.328 e. The zero-order valence-electron chi connectivity index (χ0n) is 13.2. The molecule has 1 aliphatic rings. The number of hydrogen-bond donors (Lipinski definition) is 2. The number of rotatable bonds is 3. The van der Waals surface area contributed by atoms with Gasteiger partial charge in [-0.2, -0.15) is 0 Å². The highest BCUT2D eigenvalue weighted by Gasteiger charge is 2.44. The van der Waals surface area contributed by atoms with Crippen LogP contribution in [0.15, 0.2) is 0 Å². The van der Waals surface area contributed by atoms with Crippen LogP contribution < -0.4 is 5.32 Å². The molecule has 1 fully saturated rings. The fraction of sp³-hybridized carbons (Fsp3) is 0.786. The van der Waals surface area contributed by atoms with E-state index < -0.39 is 29.6 Å². The van der Waals surface area contributed by atoms with Crippen molar-refractivity contribution >= 4 is 17.8 Å². The number of β-amino-alcohol motifs (C(OH)–C–C–N with tert-alkyl or cyclic N) is 1. The predicted octanol–water partition coefficient (Wildman–Crippen LogP) is -0.328. The van der Waals surface area contributed by atoms with Gasteiger partial charge < -0.3 is 20.1 Å². The molecule has 21 heavy (non-hydrogen) atoms. The minimum Gasteiger partial charge on any atom is -0.467 e. The van der Waals surface area contributed by atoms with Crippen LogP contribution in [0.1, 0.15) is 34.1 Å². The number of aliphatic hydroxyl groups excluding tert-OH is 1. The van der Waals surface area contributed by atoms with Crippen LogP contribution in [0.5, 0.6) is 0 Å². The Morgan fingerprint density at radius 2 is 1.90 bits per heavy atom. The molecule has 1 aliphatic heterocycles. The minimum atomic E-state index is -0.809. The van der Waals surface area contributed by atoms with Crippen molar-refractivity contribution in [3.05, 3.63) is 0 Å². The molecule has 0 aliphatic carbocycles. The van der Waals surface area contributed by atoms with Gasteiger partial charge in [0.2, 0.25) is 11.8 Å². The first-order chi connectivity index (χ1) is 9.57. The summed E-state index contributed by atoms with van der Waals surface area (Å²) in [6, 6.07) is -1.58. The number of aliphatic hydroxyl groups is 1. The fourth-order valence-corrected chi connectivity index (χ4v) is 2.43. The number of nitrogens with zero attached hydrogens (tertiary/aromatic N) is 1. The van der Waals surface area contributed by atoms with Crippen LogP contribution in [0, 0.1) is 5.41 Å². The second-order valence-corrected chi connectivity index (χ2v) is 6.42. The Kier molecular flexibility index (Phi) is 5.33. The van der Waals surface area contributed by atoms with Gasteiger partial charge in [0, 0.05) is 19.9 Å². The van der Waals surface area contributed by atoms with Crippen molar-refractivity contribution in [1.29, 1.82) is 0 Å². The van der Waals surface area contributed by atoms with E-state index in [1.54, 1.807) is 0 Å². The van der Waals surface area contributed by atoms with Crippen molar-refractivity contribution in [2.45, 2.75) is 52.3 Å². The normalized spacial score (nSPS) is 23.6. The van der Waals surface area contributed by atoms with Crippen molar-refractivity contribution in [3.63, 3.8) is 0 Å². The molecule has 1 rings (SSSR count). The van der Waals surface area contributed by atoms with Crippen LogP contribution in [0.3, 0.4) is 0 Å². The molecule has 2 amide bonds. The van der Waals surface area contributed by atoms with Gasteiger partial charge in [0.15, 0.2) is 0 Å². The van der Waals surface area contributed by atoms with E-state index in [-0.39, 0.29) is 24.8 Å². The Hall–Kier alpha value is -1.63. The van der Waals surface area contributed by atoms with E-state index in [4.69, 9.17) is 0 Å². The molecule has 7 nitrogen and oxygen atoms in total. The molecule has 0 spiro atoms. The van der Waals surface area contributed by atoms with E-state index in [9.17, 15) is 19.5 Å². The van der Waals surface area contributed by atoms with Crippen LogP contribution in [0.25, 0.3) is 0 Å². The van der Waals surface area contributed by atoms with Crippen molar-refractivity contribution in [2.75, 3.05) is 13.7 Å². The monoisotopic (exact) mass is 300 g/mol. The fourth-order valence-electron chi connectivity index (χ4n) is 2.43. The molecular formula is C14H24N2O5. The quantitative estimate of drug-likeness (QED) is 0.696. The van der Waals surface area contributed by atoms with Crippen LogP contribution in [-0.4, -0.2) is 59.6 Å². The third-order valence-electron chi connectivity index (χ3n) is 3.50. The molecule has 0 radical (unpaired) electrons. The lowest BCUT2D eigenvalue weighted by Crippen LogP contribution is -2.56. The Morgan fingerprint density at radius 3 is 2.33 bits per heavy atom. The molecule has 1 saturated heterocycles. The molecule has 3 atom stereocenters. The zero-order chi connectivity index (χ0) is 16.4. The van der Waals surface area contributed by atoms with Gasteiger partial charge in [-0.15, -0.1) is 0 Å². The van der Waals surface area contributed by atoms with Gasteiger partial charge in [-0.05, 0) is 5.41 Å². The minimum absolute atomic E-state index is 0.0603. The SMILES string of the molecule is COC(=O)[C@@H]1C[C@@H](O)CN1C(=O)[C@@H](NC(C)=O)C(C)(C)C. The summed E-state index contributed by atoms with van der Waals surface area (Å²) < 4.78 is 4.68. The van der Waals surface area contributed by atoms with E-state index >= 15 is 0 Å². The standard InChI is InChI=1S/C14H24N2O5/c1-8(17)15-11(14(2,3)4)12(19)16-7-9(18)6-10(16)13(20)21-5/h9-11,18H,6-7H2,1-5H3,(H,15,17)/t9-,10+,11-/m1/s1. The Labute approximate surface area is 124 Å². The Balaban J connectivity index is 3.01. The number of ether oxygens (including phenoxy) is 1. The lowest BCUT2D eigenvalue weighted by molar-refractivity contribution is -0.153. The molecule has 0 bridgehead atoms. The number of amides is 2.